The van der Waals surface area contributed by atoms with Gasteiger partial charge in [-0.25, -0.2) is 0 Å². The molecule has 4 rings (SSSR count). The Bertz CT molecular complexity index is 774. The number of rotatable bonds is 5. The molecule has 3 aromatic heterocycles. The molecule has 124 valence electrons. The maximum absolute atomic E-state index is 12.6. The van der Waals surface area contributed by atoms with Crippen LogP contribution in [0.5, 0.6) is 0 Å². The third-order valence-electron chi connectivity index (χ3n) is 4.39. The summed E-state index contributed by atoms with van der Waals surface area (Å²) < 4.78 is 7.19. The highest BCUT2D eigenvalue weighted by molar-refractivity contribution is 7.07. The molecule has 0 aromatic carbocycles. The first-order valence-electron chi connectivity index (χ1n) is 8.10. The molecule has 0 saturated heterocycles. The minimum Gasteiger partial charge on any atom is -0.360 e. The Morgan fingerprint density at radius 3 is 3.12 bits per heavy atom. The van der Waals surface area contributed by atoms with E-state index in [0.717, 1.165) is 42.6 Å². The zero-order valence-electron chi connectivity index (χ0n) is 13.1. The van der Waals surface area contributed by atoms with Crippen molar-refractivity contribution in [3.05, 3.63) is 57.9 Å². The number of aryl methyl sites for hydroxylation is 1. The number of nitrogens with one attached hydrogen (secondary N) is 1. The van der Waals surface area contributed by atoms with Crippen LogP contribution < -0.4 is 5.32 Å². The maximum atomic E-state index is 12.6. The van der Waals surface area contributed by atoms with Crippen molar-refractivity contribution >= 4 is 17.2 Å². The van der Waals surface area contributed by atoms with Gasteiger partial charge in [0, 0.05) is 30.9 Å². The summed E-state index contributed by atoms with van der Waals surface area (Å²) in [6.07, 6.45) is 7.58. The fourth-order valence-corrected chi connectivity index (χ4v) is 3.84. The molecule has 1 amide bonds. The number of nitrogens with zero attached hydrogens (tertiary/aromatic N) is 3. The van der Waals surface area contributed by atoms with Gasteiger partial charge >= 0.3 is 0 Å². The second kappa shape index (κ2) is 6.60. The third-order valence-corrected chi connectivity index (χ3v) is 5.09. The lowest BCUT2D eigenvalue weighted by Crippen LogP contribution is -2.32. The van der Waals surface area contributed by atoms with Crippen LogP contribution in [0.15, 0.2) is 39.8 Å². The molecule has 0 bridgehead atoms. The number of carbonyl (C=O) groups is 1. The highest BCUT2D eigenvalue weighted by Gasteiger charge is 2.25. The molecule has 0 aliphatic heterocycles. The van der Waals surface area contributed by atoms with Crippen LogP contribution in [-0.2, 0) is 12.8 Å². The van der Waals surface area contributed by atoms with Gasteiger partial charge in [-0.05, 0) is 47.7 Å². The molecular formula is C17H18N4O2S. The monoisotopic (exact) mass is 342 g/mol. The highest BCUT2D eigenvalue weighted by Crippen LogP contribution is 2.24. The van der Waals surface area contributed by atoms with Crippen molar-refractivity contribution in [2.24, 2.45) is 0 Å². The van der Waals surface area contributed by atoms with Crippen LogP contribution in [0, 0.1) is 0 Å². The topological polar surface area (TPSA) is 73.0 Å². The number of hydrogen-bond acceptors (Lipinski definition) is 5. The Kier molecular flexibility index (Phi) is 4.17. The van der Waals surface area contributed by atoms with E-state index in [4.69, 9.17) is 4.52 Å². The van der Waals surface area contributed by atoms with Crippen LogP contribution in [0.3, 0.4) is 0 Å². The fraction of sp³-hybridized carbons (Fsp3) is 0.353. The van der Waals surface area contributed by atoms with Gasteiger partial charge in [-0.15, -0.1) is 0 Å². The van der Waals surface area contributed by atoms with E-state index in [2.05, 4.69) is 27.0 Å². The van der Waals surface area contributed by atoms with E-state index in [-0.39, 0.29) is 11.9 Å². The van der Waals surface area contributed by atoms with Crippen LogP contribution in [0.4, 0.5) is 0 Å². The average Bonchev–Trinajstić information content (AvgIpc) is 3.36. The second-order valence-corrected chi connectivity index (χ2v) is 6.69. The Labute approximate surface area is 143 Å². The Balaban J connectivity index is 1.50. The van der Waals surface area contributed by atoms with Gasteiger partial charge in [-0.2, -0.15) is 16.4 Å². The van der Waals surface area contributed by atoms with Crippen LogP contribution in [0.1, 0.15) is 46.3 Å². The quantitative estimate of drug-likeness (QED) is 0.774. The van der Waals surface area contributed by atoms with Crippen molar-refractivity contribution < 1.29 is 9.32 Å². The van der Waals surface area contributed by atoms with Crippen molar-refractivity contribution in [2.45, 2.75) is 31.7 Å². The third kappa shape index (κ3) is 2.87. The summed E-state index contributed by atoms with van der Waals surface area (Å²) in [7, 11) is 0. The van der Waals surface area contributed by atoms with E-state index in [1.807, 2.05) is 22.3 Å². The second-order valence-electron chi connectivity index (χ2n) is 5.91. The largest absolute Gasteiger partial charge is 0.360 e. The summed E-state index contributed by atoms with van der Waals surface area (Å²) >= 11 is 1.63. The van der Waals surface area contributed by atoms with Gasteiger partial charge in [0.2, 0.25) is 0 Å². The number of fused-ring (bicyclic) bond motifs is 1. The Morgan fingerprint density at radius 1 is 1.42 bits per heavy atom. The summed E-state index contributed by atoms with van der Waals surface area (Å²) in [6, 6.07) is 3.91. The molecule has 0 spiro atoms. The van der Waals surface area contributed by atoms with Gasteiger partial charge in [0.05, 0.1) is 6.04 Å². The highest BCUT2D eigenvalue weighted by atomic mass is 32.1. The normalized spacial score (nSPS) is 15.0. The first-order chi connectivity index (χ1) is 11.8. The van der Waals surface area contributed by atoms with E-state index in [0.29, 0.717) is 12.2 Å². The maximum Gasteiger partial charge on any atom is 0.273 e. The lowest BCUT2D eigenvalue weighted by molar-refractivity contribution is 0.0939. The van der Waals surface area contributed by atoms with Crippen LogP contribution in [-0.4, -0.2) is 27.4 Å². The summed E-state index contributed by atoms with van der Waals surface area (Å²) in [5.74, 6) is 0.696. The van der Waals surface area contributed by atoms with Crippen LogP contribution in [0.25, 0.3) is 0 Å². The minimum absolute atomic E-state index is 0.0297. The number of amides is 1. The Morgan fingerprint density at radius 2 is 2.33 bits per heavy atom. The van der Waals surface area contributed by atoms with E-state index >= 15 is 0 Å². The van der Waals surface area contributed by atoms with Gasteiger partial charge in [0.25, 0.3) is 5.91 Å². The molecule has 0 fully saturated rings. The van der Waals surface area contributed by atoms with Crippen molar-refractivity contribution in [2.75, 3.05) is 6.54 Å². The molecule has 7 heteroatoms. The zero-order chi connectivity index (χ0) is 16.4. The van der Waals surface area contributed by atoms with Gasteiger partial charge in [-0.1, -0.05) is 5.16 Å². The number of carbonyl (C=O) groups excluding carboxylic acids is 1. The average molecular weight is 342 g/mol. The van der Waals surface area contributed by atoms with E-state index in [9.17, 15) is 4.79 Å². The SMILES string of the molecule is O=C(NCC(c1ccsc1)n1cccn1)c1noc2c1CCCC2. The molecule has 1 atom stereocenters. The van der Waals surface area contributed by atoms with Gasteiger partial charge in [-0.3, -0.25) is 9.48 Å². The standard InChI is InChI=1S/C17H18N4O2S/c22-17(16-13-4-1-2-5-15(13)23-20-16)18-10-14(12-6-9-24-11-12)21-8-3-7-19-21/h3,6-9,11,14H,1-2,4-5,10H2,(H,18,22). The number of thiophene rings is 1. The van der Waals surface area contributed by atoms with E-state index in [1.165, 1.54) is 0 Å². The predicted molar refractivity (Wildman–Crippen MR) is 90.2 cm³/mol. The zero-order valence-corrected chi connectivity index (χ0v) is 14.0. The number of aromatic nitrogens is 3. The van der Waals surface area contributed by atoms with E-state index < -0.39 is 0 Å². The molecule has 1 N–H and O–H groups in total. The molecule has 1 unspecified atom stereocenters. The van der Waals surface area contributed by atoms with E-state index in [1.54, 1.807) is 17.5 Å². The lowest BCUT2D eigenvalue weighted by Gasteiger charge is -2.17. The molecular weight excluding hydrogens is 324 g/mol. The van der Waals surface area contributed by atoms with Crippen molar-refractivity contribution in [1.29, 1.82) is 0 Å². The first kappa shape index (κ1) is 15.1. The molecule has 24 heavy (non-hydrogen) atoms. The van der Waals surface area contributed by atoms with Gasteiger partial charge < -0.3 is 9.84 Å². The summed E-state index contributed by atoms with van der Waals surface area (Å²) in [4.78, 5) is 12.6. The molecule has 3 aromatic rings. The van der Waals surface area contributed by atoms with Crippen molar-refractivity contribution in [3.63, 3.8) is 0 Å². The van der Waals surface area contributed by atoms with Crippen LogP contribution >= 0.6 is 11.3 Å². The van der Waals surface area contributed by atoms with Gasteiger partial charge in [0.15, 0.2) is 5.69 Å². The predicted octanol–water partition coefficient (Wildman–Crippen LogP) is 2.83. The molecule has 6 nitrogen and oxygen atoms in total. The van der Waals surface area contributed by atoms with Crippen molar-refractivity contribution in [3.8, 4) is 0 Å². The van der Waals surface area contributed by atoms with Crippen LogP contribution in [0.2, 0.25) is 0 Å². The smallest absolute Gasteiger partial charge is 0.273 e. The van der Waals surface area contributed by atoms with Gasteiger partial charge in [0.1, 0.15) is 5.76 Å². The summed E-state index contributed by atoms with van der Waals surface area (Å²) in [5, 5.41) is 15.4. The molecule has 0 saturated carbocycles. The lowest BCUT2D eigenvalue weighted by atomic mass is 9.96. The van der Waals surface area contributed by atoms with Crippen molar-refractivity contribution in [1.82, 2.24) is 20.3 Å². The number of hydrogen-bond donors (Lipinski definition) is 1. The fourth-order valence-electron chi connectivity index (χ4n) is 3.13. The minimum atomic E-state index is -0.172. The molecule has 1 aliphatic rings. The molecule has 3 heterocycles. The molecule has 1 aliphatic carbocycles. The summed E-state index contributed by atoms with van der Waals surface area (Å²) in [6.45, 7) is 0.457. The molecule has 0 radical (unpaired) electrons. The Hall–Kier alpha value is -2.41. The summed E-state index contributed by atoms with van der Waals surface area (Å²) in [5.41, 5.74) is 2.55. The first-order valence-corrected chi connectivity index (χ1v) is 9.04.